The van der Waals surface area contributed by atoms with E-state index in [1.54, 1.807) is 0 Å². The summed E-state index contributed by atoms with van der Waals surface area (Å²) < 4.78 is 0. The Labute approximate surface area is 92.2 Å². The number of hydrogen-bond acceptors (Lipinski definition) is 8. The van der Waals surface area contributed by atoms with Gasteiger partial charge >= 0.3 is 0 Å². The fourth-order valence-electron chi connectivity index (χ4n) is 1.15. The SMILES string of the molecule is NC(O)CC(O)[C@H](O)[C@@H](O)[C@H](O)[C@H](O)CO. The third kappa shape index (κ3) is 4.68. The molecule has 2 unspecified atom stereocenters. The number of hydrogen-bond donors (Lipinski definition) is 8. The molecule has 0 aromatic heterocycles. The van der Waals surface area contributed by atoms with Gasteiger partial charge in [0.1, 0.15) is 30.6 Å². The molecule has 8 heteroatoms. The highest BCUT2D eigenvalue weighted by Crippen LogP contribution is 2.11. The van der Waals surface area contributed by atoms with Gasteiger partial charge in [0, 0.05) is 6.42 Å². The van der Waals surface area contributed by atoms with Gasteiger partial charge in [-0.15, -0.1) is 0 Å². The van der Waals surface area contributed by atoms with Crippen LogP contribution in [0.25, 0.3) is 0 Å². The minimum absolute atomic E-state index is 0.403. The molecule has 98 valence electrons. The summed E-state index contributed by atoms with van der Waals surface area (Å²) in [6.07, 6.45) is -10.5. The first kappa shape index (κ1) is 15.7. The van der Waals surface area contributed by atoms with Crippen molar-refractivity contribution in [3.63, 3.8) is 0 Å². The normalized spacial score (nSPS) is 23.2. The van der Waals surface area contributed by atoms with Crippen LogP contribution in [-0.4, -0.2) is 79.1 Å². The second kappa shape index (κ2) is 7.09. The Bertz CT molecular complexity index is 191. The number of nitrogens with two attached hydrogens (primary N) is 1. The molecule has 0 saturated carbocycles. The Morgan fingerprint density at radius 2 is 1.19 bits per heavy atom. The summed E-state index contributed by atoms with van der Waals surface area (Å²) in [6.45, 7) is -0.805. The lowest BCUT2D eigenvalue weighted by Gasteiger charge is -2.28. The number of rotatable bonds is 7. The van der Waals surface area contributed by atoms with Crippen LogP contribution in [0.3, 0.4) is 0 Å². The van der Waals surface area contributed by atoms with Gasteiger partial charge < -0.3 is 41.5 Å². The quantitative estimate of drug-likeness (QED) is 0.206. The van der Waals surface area contributed by atoms with Gasteiger partial charge in [-0.05, 0) is 0 Å². The van der Waals surface area contributed by atoms with E-state index in [0.29, 0.717) is 0 Å². The predicted octanol–water partition coefficient (Wildman–Crippen LogP) is -4.55. The maximum Gasteiger partial charge on any atom is 0.111 e. The van der Waals surface area contributed by atoms with E-state index in [0.717, 1.165) is 0 Å². The third-order valence-corrected chi connectivity index (χ3v) is 2.16. The monoisotopic (exact) mass is 241 g/mol. The zero-order chi connectivity index (χ0) is 12.9. The van der Waals surface area contributed by atoms with Gasteiger partial charge in [-0.3, -0.25) is 0 Å². The van der Waals surface area contributed by atoms with Crippen molar-refractivity contribution in [1.29, 1.82) is 0 Å². The Hall–Kier alpha value is -0.320. The lowest BCUT2D eigenvalue weighted by Crippen LogP contribution is -2.50. The highest BCUT2D eigenvalue weighted by molar-refractivity contribution is 4.84. The van der Waals surface area contributed by atoms with E-state index < -0.39 is 49.8 Å². The lowest BCUT2D eigenvalue weighted by atomic mass is 9.97. The molecule has 0 heterocycles. The summed E-state index contributed by atoms with van der Waals surface area (Å²) >= 11 is 0. The number of aliphatic hydroxyl groups excluding tert-OH is 7. The van der Waals surface area contributed by atoms with Crippen molar-refractivity contribution in [2.75, 3.05) is 6.61 Å². The topological polar surface area (TPSA) is 168 Å². The Morgan fingerprint density at radius 3 is 1.56 bits per heavy atom. The molecule has 0 saturated heterocycles. The second-order valence-corrected chi connectivity index (χ2v) is 3.59. The molecule has 0 aromatic carbocycles. The first-order valence-electron chi connectivity index (χ1n) is 4.76. The number of aliphatic hydroxyl groups is 7. The minimum Gasteiger partial charge on any atom is -0.394 e. The predicted molar refractivity (Wildman–Crippen MR) is 51.9 cm³/mol. The zero-order valence-electron chi connectivity index (χ0n) is 8.59. The largest absolute Gasteiger partial charge is 0.394 e. The van der Waals surface area contributed by atoms with Crippen LogP contribution in [0.1, 0.15) is 6.42 Å². The van der Waals surface area contributed by atoms with Crippen molar-refractivity contribution in [2.24, 2.45) is 5.73 Å². The fourth-order valence-corrected chi connectivity index (χ4v) is 1.15. The van der Waals surface area contributed by atoms with Crippen LogP contribution in [0.5, 0.6) is 0 Å². The molecule has 0 rings (SSSR count). The molecule has 0 aliphatic carbocycles. The third-order valence-electron chi connectivity index (χ3n) is 2.16. The van der Waals surface area contributed by atoms with Crippen LogP contribution in [0.2, 0.25) is 0 Å². The van der Waals surface area contributed by atoms with E-state index in [4.69, 9.17) is 21.1 Å². The molecule has 6 atom stereocenters. The molecule has 0 fully saturated rings. The summed E-state index contributed by atoms with van der Waals surface area (Å²) in [7, 11) is 0. The smallest absolute Gasteiger partial charge is 0.111 e. The highest BCUT2D eigenvalue weighted by atomic mass is 16.4. The Kier molecular flexibility index (Phi) is 6.95. The van der Waals surface area contributed by atoms with Gasteiger partial charge in [0.25, 0.3) is 0 Å². The van der Waals surface area contributed by atoms with Gasteiger partial charge in [-0.1, -0.05) is 0 Å². The van der Waals surface area contributed by atoms with Crippen LogP contribution in [0.15, 0.2) is 0 Å². The van der Waals surface area contributed by atoms with E-state index in [1.807, 2.05) is 0 Å². The highest BCUT2D eigenvalue weighted by Gasteiger charge is 2.34. The van der Waals surface area contributed by atoms with Crippen molar-refractivity contribution < 1.29 is 35.7 Å². The van der Waals surface area contributed by atoms with Crippen LogP contribution in [0.4, 0.5) is 0 Å². The van der Waals surface area contributed by atoms with Crippen molar-refractivity contribution in [2.45, 2.75) is 43.2 Å². The van der Waals surface area contributed by atoms with Gasteiger partial charge in [0.2, 0.25) is 0 Å². The molecule has 16 heavy (non-hydrogen) atoms. The molecular weight excluding hydrogens is 222 g/mol. The molecule has 9 N–H and O–H groups in total. The molecule has 0 amide bonds. The van der Waals surface area contributed by atoms with E-state index in [-0.39, 0.29) is 0 Å². The summed E-state index contributed by atoms with van der Waals surface area (Å²) in [6, 6.07) is 0. The van der Waals surface area contributed by atoms with Crippen LogP contribution in [0, 0.1) is 0 Å². The molecule has 0 spiro atoms. The summed E-state index contributed by atoms with van der Waals surface area (Å²) in [5, 5.41) is 63.3. The van der Waals surface area contributed by atoms with Gasteiger partial charge in [-0.25, -0.2) is 0 Å². The standard InChI is InChI=1S/C8H19NO7/c9-5(13)1-3(11)6(14)8(16)7(15)4(12)2-10/h3-8,10-16H,1-2,9H2/t3?,4-,5?,6+,7-,8-/m1/s1. The van der Waals surface area contributed by atoms with Gasteiger partial charge in [0.15, 0.2) is 0 Å². The fraction of sp³-hybridized carbons (Fsp3) is 1.00. The van der Waals surface area contributed by atoms with Crippen molar-refractivity contribution in [1.82, 2.24) is 0 Å². The van der Waals surface area contributed by atoms with E-state index >= 15 is 0 Å². The van der Waals surface area contributed by atoms with Gasteiger partial charge in [-0.2, -0.15) is 0 Å². The molecule has 0 aliphatic heterocycles. The first-order chi connectivity index (χ1) is 7.31. The molecule has 8 nitrogen and oxygen atoms in total. The van der Waals surface area contributed by atoms with E-state index in [9.17, 15) is 20.4 Å². The first-order valence-corrected chi connectivity index (χ1v) is 4.76. The average Bonchev–Trinajstić information content (AvgIpc) is 2.23. The van der Waals surface area contributed by atoms with Crippen LogP contribution < -0.4 is 5.73 Å². The maximum atomic E-state index is 9.33. The van der Waals surface area contributed by atoms with Crippen molar-refractivity contribution in [3.05, 3.63) is 0 Å². The molecule has 0 aliphatic rings. The van der Waals surface area contributed by atoms with Crippen molar-refractivity contribution in [3.8, 4) is 0 Å². The summed E-state index contributed by atoms with van der Waals surface area (Å²) in [4.78, 5) is 0. The van der Waals surface area contributed by atoms with Crippen molar-refractivity contribution >= 4 is 0 Å². The van der Waals surface area contributed by atoms with Crippen LogP contribution >= 0.6 is 0 Å². The minimum atomic E-state index is -1.86. The second-order valence-electron chi connectivity index (χ2n) is 3.59. The Balaban J connectivity index is 4.30. The van der Waals surface area contributed by atoms with E-state index in [1.165, 1.54) is 0 Å². The molecule has 0 aromatic rings. The van der Waals surface area contributed by atoms with Gasteiger partial charge in [0.05, 0.1) is 12.7 Å². The maximum absolute atomic E-state index is 9.33. The summed E-state index contributed by atoms with van der Waals surface area (Å²) in [5.74, 6) is 0. The van der Waals surface area contributed by atoms with Crippen LogP contribution in [-0.2, 0) is 0 Å². The van der Waals surface area contributed by atoms with E-state index in [2.05, 4.69) is 0 Å². The molecule has 0 radical (unpaired) electrons. The lowest BCUT2D eigenvalue weighted by molar-refractivity contribution is -0.144. The molecule has 0 bridgehead atoms. The average molecular weight is 241 g/mol. The summed E-state index contributed by atoms with van der Waals surface area (Å²) in [5.41, 5.74) is 4.94. The zero-order valence-corrected chi connectivity index (χ0v) is 8.59. The Morgan fingerprint density at radius 1 is 0.750 bits per heavy atom. The molecular formula is C8H19NO7.